The van der Waals surface area contributed by atoms with Crippen molar-refractivity contribution >= 4 is 11.9 Å². The highest BCUT2D eigenvalue weighted by Crippen LogP contribution is 2.37. The van der Waals surface area contributed by atoms with Crippen molar-refractivity contribution in [3.8, 4) is 0 Å². The molecule has 0 aromatic rings. The number of carboxylic acids is 2. The van der Waals surface area contributed by atoms with Crippen LogP contribution in [0.5, 0.6) is 0 Å². The van der Waals surface area contributed by atoms with E-state index in [0.717, 1.165) is 6.42 Å². The van der Waals surface area contributed by atoms with Gasteiger partial charge in [-0.1, -0.05) is 6.08 Å². The molecular formula is C9H12O4. The van der Waals surface area contributed by atoms with Crippen LogP contribution in [0.25, 0.3) is 0 Å². The maximum Gasteiger partial charge on any atom is 0.332 e. The fourth-order valence-electron chi connectivity index (χ4n) is 1.61. The van der Waals surface area contributed by atoms with Crippen molar-refractivity contribution in [2.24, 2.45) is 5.41 Å². The Balaban J connectivity index is 3.08. The quantitative estimate of drug-likeness (QED) is 0.677. The van der Waals surface area contributed by atoms with E-state index in [4.69, 9.17) is 10.2 Å². The van der Waals surface area contributed by atoms with Gasteiger partial charge in [0, 0.05) is 0 Å². The molecule has 1 aliphatic carbocycles. The van der Waals surface area contributed by atoms with Gasteiger partial charge in [0.15, 0.2) is 0 Å². The van der Waals surface area contributed by atoms with Crippen LogP contribution in [0.15, 0.2) is 11.6 Å². The maximum atomic E-state index is 10.9. The van der Waals surface area contributed by atoms with E-state index in [2.05, 4.69) is 0 Å². The lowest BCUT2D eigenvalue weighted by Gasteiger charge is -2.28. The third-order valence-electron chi connectivity index (χ3n) is 2.53. The zero-order chi connectivity index (χ0) is 10.1. The van der Waals surface area contributed by atoms with Crippen molar-refractivity contribution in [1.82, 2.24) is 0 Å². The number of aliphatic carboxylic acids is 2. The van der Waals surface area contributed by atoms with Gasteiger partial charge in [-0.15, -0.1) is 0 Å². The highest BCUT2D eigenvalue weighted by molar-refractivity contribution is 5.96. The summed E-state index contributed by atoms with van der Waals surface area (Å²) in [5.41, 5.74) is -1.18. The number of rotatable bonds is 2. The molecule has 0 aliphatic heterocycles. The number of carbonyl (C=O) groups is 2. The van der Waals surface area contributed by atoms with Crippen LogP contribution >= 0.6 is 0 Å². The lowest BCUT2D eigenvalue weighted by molar-refractivity contribution is -0.149. The first-order valence-corrected chi connectivity index (χ1v) is 4.16. The van der Waals surface area contributed by atoms with E-state index in [-0.39, 0.29) is 5.57 Å². The van der Waals surface area contributed by atoms with Crippen molar-refractivity contribution in [1.29, 1.82) is 0 Å². The zero-order valence-corrected chi connectivity index (χ0v) is 7.41. The highest BCUT2D eigenvalue weighted by Gasteiger charge is 2.41. The van der Waals surface area contributed by atoms with Crippen LogP contribution in [0.2, 0.25) is 0 Å². The molecule has 0 unspecified atom stereocenters. The zero-order valence-electron chi connectivity index (χ0n) is 7.41. The minimum absolute atomic E-state index is 0.0197. The second kappa shape index (κ2) is 3.20. The van der Waals surface area contributed by atoms with Crippen molar-refractivity contribution in [2.45, 2.75) is 26.2 Å². The Morgan fingerprint density at radius 1 is 1.46 bits per heavy atom. The molecule has 1 atom stereocenters. The van der Waals surface area contributed by atoms with Gasteiger partial charge in [-0.3, -0.25) is 4.79 Å². The molecule has 4 nitrogen and oxygen atoms in total. The molecule has 1 aliphatic rings. The Labute approximate surface area is 75.9 Å². The molecular weight excluding hydrogens is 172 g/mol. The van der Waals surface area contributed by atoms with Crippen LogP contribution in [-0.4, -0.2) is 22.2 Å². The summed E-state index contributed by atoms with van der Waals surface area (Å²) in [6.07, 6.45) is 3.31. The Hall–Kier alpha value is -1.32. The molecule has 2 N–H and O–H groups in total. The van der Waals surface area contributed by atoms with E-state index in [1.165, 1.54) is 13.0 Å². The summed E-state index contributed by atoms with van der Waals surface area (Å²) in [6.45, 7) is 1.47. The summed E-state index contributed by atoms with van der Waals surface area (Å²) in [4.78, 5) is 21.6. The molecule has 0 heterocycles. The van der Waals surface area contributed by atoms with E-state index < -0.39 is 17.4 Å². The molecule has 0 fully saturated rings. The molecule has 1 rings (SSSR count). The molecule has 72 valence electrons. The van der Waals surface area contributed by atoms with Gasteiger partial charge in [0.2, 0.25) is 0 Å². The second-order valence-corrected chi connectivity index (χ2v) is 3.45. The van der Waals surface area contributed by atoms with Gasteiger partial charge >= 0.3 is 11.9 Å². The van der Waals surface area contributed by atoms with E-state index in [9.17, 15) is 9.59 Å². The van der Waals surface area contributed by atoms with Gasteiger partial charge in [-0.2, -0.15) is 0 Å². The standard InChI is InChI=1S/C9H12O4/c1-9(8(12)13)5-3-2-4-6(9)7(10)11/h4H,2-3,5H2,1H3,(H,10,11)(H,12,13)/t9-/m1/s1. The average Bonchev–Trinajstić information content (AvgIpc) is 2.04. The minimum Gasteiger partial charge on any atom is -0.481 e. The van der Waals surface area contributed by atoms with Gasteiger partial charge in [0.05, 0.1) is 11.0 Å². The molecule has 0 amide bonds. The van der Waals surface area contributed by atoms with Crippen molar-refractivity contribution in [3.05, 3.63) is 11.6 Å². The van der Waals surface area contributed by atoms with Crippen molar-refractivity contribution in [2.75, 3.05) is 0 Å². The third kappa shape index (κ3) is 1.56. The summed E-state index contributed by atoms with van der Waals surface area (Å²) in [5.74, 6) is -2.18. The van der Waals surface area contributed by atoms with Crippen LogP contribution in [-0.2, 0) is 9.59 Å². The SMILES string of the molecule is C[C@@]1(C(=O)O)CCCC=C1C(=O)O. The molecule has 13 heavy (non-hydrogen) atoms. The Morgan fingerprint density at radius 2 is 2.08 bits per heavy atom. The normalized spacial score (nSPS) is 27.9. The summed E-state index contributed by atoms with van der Waals surface area (Å²) in [6, 6.07) is 0. The first-order chi connectivity index (χ1) is 5.98. The van der Waals surface area contributed by atoms with Crippen molar-refractivity contribution < 1.29 is 19.8 Å². The summed E-state index contributed by atoms with van der Waals surface area (Å²) in [5, 5.41) is 17.7. The van der Waals surface area contributed by atoms with Gasteiger partial charge in [-0.25, -0.2) is 4.79 Å². The molecule has 0 saturated carbocycles. The lowest BCUT2D eigenvalue weighted by atomic mass is 9.74. The first kappa shape index (κ1) is 9.77. The Bertz CT molecular complexity index is 279. The van der Waals surface area contributed by atoms with Gasteiger partial charge in [0.25, 0.3) is 0 Å². The monoisotopic (exact) mass is 184 g/mol. The second-order valence-electron chi connectivity index (χ2n) is 3.45. The first-order valence-electron chi connectivity index (χ1n) is 4.16. The van der Waals surface area contributed by atoms with Crippen LogP contribution in [0, 0.1) is 5.41 Å². The van der Waals surface area contributed by atoms with E-state index >= 15 is 0 Å². The minimum atomic E-state index is -1.20. The van der Waals surface area contributed by atoms with Crippen LogP contribution in [0.1, 0.15) is 26.2 Å². The van der Waals surface area contributed by atoms with Crippen LogP contribution in [0.3, 0.4) is 0 Å². The van der Waals surface area contributed by atoms with Gasteiger partial charge < -0.3 is 10.2 Å². The molecule has 0 aromatic heterocycles. The summed E-state index contributed by atoms with van der Waals surface area (Å²) >= 11 is 0. The van der Waals surface area contributed by atoms with Crippen LogP contribution < -0.4 is 0 Å². The molecule has 4 heteroatoms. The summed E-state index contributed by atoms with van der Waals surface area (Å²) < 4.78 is 0. The van der Waals surface area contributed by atoms with Gasteiger partial charge in [0.1, 0.15) is 0 Å². The molecule has 0 spiro atoms. The smallest absolute Gasteiger partial charge is 0.332 e. The largest absolute Gasteiger partial charge is 0.481 e. The predicted octanol–water partition coefficient (Wildman–Crippen LogP) is 1.27. The molecule has 0 saturated heterocycles. The average molecular weight is 184 g/mol. The number of carboxylic acid groups (broad SMARTS) is 2. The Morgan fingerprint density at radius 3 is 2.46 bits per heavy atom. The number of hydrogen-bond acceptors (Lipinski definition) is 2. The number of allylic oxidation sites excluding steroid dienone is 1. The molecule has 0 aromatic carbocycles. The molecule has 0 radical (unpaired) electrons. The fraction of sp³-hybridized carbons (Fsp3) is 0.556. The number of hydrogen-bond donors (Lipinski definition) is 2. The topological polar surface area (TPSA) is 74.6 Å². The van der Waals surface area contributed by atoms with E-state index in [1.807, 2.05) is 0 Å². The van der Waals surface area contributed by atoms with Crippen molar-refractivity contribution in [3.63, 3.8) is 0 Å². The summed E-state index contributed by atoms with van der Waals surface area (Å²) in [7, 11) is 0. The Kier molecular flexibility index (Phi) is 2.40. The maximum absolute atomic E-state index is 10.9. The van der Waals surface area contributed by atoms with E-state index in [0.29, 0.717) is 12.8 Å². The molecule has 0 bridgehead atoms. The highest BCUT2D eigenvalue weighted by atomic mass is 16.4. The lowest BCUT2D eigenvalue weighted by Crippen LogP contribution is -2.35. The van der Waals surface area contributed by atoms with E-state index in [1.54, 1.807) is 0 Å². The van der Waals surface area contributed by atoms with Crippen LogP contribution in [0.4, 0.5) is 0 Å². The predicted molar refractivity (Wildman–Crippen MR) is 45.3 cm³/mol. The van der Waals surface area contributed by atoms with Gasteiger partial charge in [-0.05, 0) is 26.2 Å². The third-order valence-corrected chi connectivity index (χ3v) is 2.53. The fourth-order valence-corrected chi connectivity index (χ4v) is 1.61.